The van der Waals surface area contributed by atoms with Crippen molar-refractivity contribution in [1.29, 1.82) is 0 Å². The van der Waals surface area contributed by atoms with Crippen molar-refractivity contribution in [2.24, 2.45) is 0 Å². The standard InChI is InChI=1S/C15H16F4O4S/c1-14(17)5-7(6-14)23-8-3-4-9(24(2,21)22)11-10(8)12(16)15(18,19)13(11)20/h3-4,7,12-13,20H,5-6H2,1-2H3/t7?,12-,13+,14?/m1/s1. The van der Waals surface area contributed by atoms with Crippen LogP contribution in [0.4, 0.5) is 17.6 Å². The maximum absolute atomic E-state index is 14.2. The van der Waals surface area contributed by atoms with Crippen LogP contribution in [0, 0.1) is 0 Å². The molecule has 0 radical (unpaired) electrons. The van der Waals surface area contributed by atoms with Crippen LogP contribution < -0.4 is 4.74 Å². The molecule has 1 N–H and O–H groups in total. The summed E-state index contributed by atoms with van der Waals surface area (Å²) in [6.45, 7) is 1.36. The van der Waals surface area contributed by atoms with Crippen LogP contribution in [0.2, 0.25) is 0 Å². The van der Waals surface area contributed by atoms with Gasteiger partial charge in [-0.15, -0.1) is 0 Å². The molecule has 0 aliphatic heterocycles. The van der Waals surface area contributed by atoms with Gasteiger partial charge in [0.15, 0.2) is 16.0 Å². The number of ether oxygens (including phenoxy) is 1. The number of sulfone groups is 1. The van der Waals surface area contributed by atoms with Crippen molar-refractivity contribution in [3.8, 4) is 5.75 Å². The van der Waals surface area contributed by atoms with E-state index in [9.17, 15) is 31.1 Å². The zero-order valence-electron chi connectivity index (χ0n) is 12.9. The Bertz CT molecular complexity index is 783. The first-order valence-electron chi connectivity index (χ1n) is 7.27. The van der Waals surface area contributed by atoms with Gasteiger partial charge in [-0.2, -0.15) is 8.78 Å². The molecule has 9 heteroatoms. The summed E-state index contributed by atoms with van der Waals surface area (Å²) in [5.74, 6) is -4.46. The second-order valence-corrected chi connectivity index (χ2v) is 8.65. The van der Waals surface area contributed by atoms with Gasteiger partial charge in [-0.3, -0.25) is 0 Å². The first-order chi connectivity index (χ1) is 10.8. The molecule has 0 amide bonds. The van der Waals surface area contributed by atoms with E-state index in [1.807, 2.05) is 0 Å². The van der Waals surface area contributed by atoms with Gasteiger partial charge < -0.3 is 9.84 Å². The van der Waals surface area contributed by atoms with Crippen LogP contribution in [-0.4, -0.2) is 37.5 Å². The summed E-state index contributed by atoms with van der Waals surface area (Å²) in [6, 6.07) is 2.07. The number of fused-ring (bicyclic) bond motifs is 1. The van der Waals surface area contributed by atoms with E-state index in [0.29, 0.717) is 0 Å². The third-order valence-electron chi connectivity index (χ3n) is 4.44. The molecule has 134 valence electrons. The van der Waals surface area contributed by atoms with Gasteiger partial charge in [0.05, 0.1) is 4.90 Å². The van der Waals surface area contributed by atoms with Crippen molar-refractivity contribution in [1.82, 2.24) is 0 Å². The van der Waals surface area contributed by atoms with E-state index < -0.39 is 55.8 Å². The van der Waals surface area contributed by atoms with Crippen molar-refractivity contribution < 1.29 is 35.8 Å². The van der Waals surface area contributed by atoms with Gasteiger partial charge >= 0.3 is 5.92 Å². The fraction of sp³-hybridized carbons (Fsp3) is 0.600. The van der Waals surface area contributed by atoms with Crippen LogP contribution in [0.5, 0.6) is 5.75 Å². The number of alkyl halides is 4. The molecule has 0 aromatic heterocycles. The van der Waals surface area contributed by atoms with Crippen molar-refractivity contribution in [2.75, 3.05) is 6.26 Å². The summed E-state index contributed by atoms with van der Waals surface area (Å²) >= 11 is 0. The number of halogens is 4. The molecular formula is C15H16F4O4S. The van der Waals surface area contributed by atoms with Crippen molar-refractivity contribution in [2.45, 2.75) is 54.6 Å². The summed E-state index contributed by atoms with van der Waals surface area (Å²) in [5.41, 5.74) is -2.79. The number of hydrogen-bond acceptors (Lipinski definition) is 4. The van der Waals surface area contributed by atoms with E-state index in [0.717, 1.165) is 18.4 Å². The van der Waals surface area contributed by atoms with E-state index in [-0.39, 0.29) is 18.6 Å². The van der Waals surface area contributed by atoms with E-state index >= 15 is 0 Å². The maximum atomic E-state index is 14.2. The summed E-state index contributed by atoms with van der Waals surface area (Å²) in [5, 5.41) is 9.77. The van der Waals surface area contributed by atoms with Gasteiger partial charge in [0.25, 0.3) is 0 Å². The van der Waals surface area contributed by atoms with Gasteiger partial charge in [0.2, 0.25) is 0 Å². The molecule has 3 rings (SSSR count). The SMILES string of the molecule is CC1(F)CC(Oc2ccc(S(C)(=O)=O)c3c2[C@@H](F)C(F)(F)[C@H]3O)C1. The number of hydrogen-bond donors (Lipinski definition) is 1. The fourth-order valence-electron chi connectivity index (χ4n) is 3.24. The van der Waals surface area contributed by atoms with E-state index in [1.54, 1.807) is 0 Å². The Kier molecular flexibility index (Phi) is 3.69. The molecule has 24 heavy (non-hydrogen) atoms. The molecule has 2 aliphatic rings. The largest absolute Gasteiger partial charge is 0.490 e. The molecule has 0 spiro atoms. The van der Waals surface area contributed by atoms with Gasteiger partial charge in [-0.25, -0.2) is 17.2 Å². The molecule has 1 aromatic carbocycles. The highest BCUT2D eigenvalue weighted by Gasteiger charge is 2.59. The lowest BCUT2D eigenvalue weighted by atomic mass is 9.81. The molecular weight excluding hydrogens is 352 g/mol. The summed E-state index contributed by atoms with van der Waals surface area (Å²) in [6.07, 6.45) is -5.30. The third kappa shape index (κ3) is 2.57. The van der Waals surface area contributed by atoms with Crippen LogP contribution in [0.3, 0.4) is 0 Å². The Labute approximate surface area is 136 Å². The second-order valence-electron chi connectivity index (χ2n) is 6.66. The average Bonchev–Trinajstić information content (AvgIpc) is 2.58. The van der Waals surface area contributed by atoms with Crippen molar-refractivity contribution in [3.63, 3.8) is 0 Å². The van der Waals surface area contributed by atoms with Crippen LogP contribution in [0.1, 0.15) is 43.2 Å². The molecule has 1 saturated carbocycles. The normalized spacial score (nSPS) is 34.5. The Morgan fingerprint density at radius 3 is 2.29 bits per heavy atom. The number of benzene rings is 1. The third-order valence-corrected chi connectivity index (χ3v) is 5.59. The molecule has 0 bridgehead atoms. The van der Waals surface area contributed by atoms with E-state index in [4.69, 9.17) is 4.74 Å². The van der Waals surface area contributed by atoms with Crippen LogP contribution in [0.25, 0.3) is 0 Å². The molecule has 4 nitrogen and oxygen atoms in total. The number of rotatable bonds is 3. The van der Waals surface area contributed by atoms with Crippen molar-refractivity contribution >= 4 is 9.84 Å². The minimum absolute atomic E-state index is 0.0193. The van der Waals surface area contributed by atoms with E-state index in [2.05, 4.69) is 0 Å². The number of aliphatic hydroxyl groups is 1. The molecule has 0 saturated heterocycles. The lowest BCUT2D eigenvalue weighted by Crippen LogP contribution is -2.44. The zero-order chi connectivity index (χ0) is 18.1. The summed E-state index contributed by atoms with van der Waals surface area (Å²) in [7, 11) is -3.97. The molecule has 0 heterocycles. The zero-order valence-corrected chi connectivity index (χ0v) is 13.7. The first kappa shape index (κ1) is 17.5. The van der Waals surface area contributed by atoms with Crippen molar-refractivity contribution in [3.05, 3.63) is 23.3 Å². The van der Waals surface area contributed by atoms with Gasteiger partial charge in [-0.1, -0.05) is 0 Å². The molecule has 2 aliphatic carbocycles. The molecule has 1 aromatic rings. The maximum Gasteiger partial charge on any atom is 0.312 e. The highest BCUT2D eigenvalue weighted by atomic mass is 32.2. The first-order valence-corrected chi connectivity index (χ1v) is 9.16. The number of aliphatic hydroxyl groups excluding tert-OH is 1. The Morgan fingerprint density at radius 2 is 1.79 bits per heavy atom. The van der Waals surface area contributed by atoms with E-state index in [1.165, 1.54) is 6.92 Å². The predicted molar refractivity (Wildman–Crippen MR) is 76.5 cm³/mol. The summed E-state index contributed by atoms with van der Waals surface area (Å²) in [4.78, 5) is -0.568. The minimum atomic E-state index is -4.17. The lowest BCUT2D eigenvalue weighted by Gasteiger charge is -2.38. The fourth-order valence-corrected chi connectivity index (χ4v) is 4.18. The van der Waals surface area contributed by atoms with Crippen LogP contribution in [0.15, 0.2) is 17.0 Å². The molecule has 0 unspecified atom stereocenters. The highest BCUT2D eigenvalue weighted by Crippen LogP contribution is 2.57. The average molecular weight is 368 g/mol. The smallest absolute Gasteiger partial charge is 0.312 e. The quantitative estimate of drug-likeness (QED) is 0.833. The van der Waals surface area contributed by atoms with Crippen LogP contribution >= 0.6 is 0 Å². The van der Waals surface area contributed by atoms with Gasteiger partial charge in [0.1, 0.15) is 23.6 Å². The summed E-state index contributed by atoms with van der Waals surface area (Å²) < 4.78 is 84.5. The van der Waals surface area contributed by atoms with Crippen LogP contribution in [-0.2, 0) is 9.84 Å². The molecule has 1 fully saturated rings. The topological polar surface area (TPSA) is 63.6 Å². The Morgan fingerprint density at radius 1 is 1.21 bits per heavy atom. The second kappa shape index (κ2) is 5.08. The molecule has 2 atom stereocenters. The monoisotopic (exact) mass is 368 g/mol. The predicted octanol–water partition coefficient (Wildman–Crippen LogP) is 3.05. The highest BCUT2D eigenvalue weighted by molar-refractivity contribution is 7.90. The van der Waals surface area contributed by atoms with Gasteiger partial charge in [0, 0.05) is 30.2 Å². The Balaban J connectivity index is 2.08. The lowest BCUT2D eigenvalue weighted by molar-refractivity contribution is -0.144. The Hall–Kier alpha value is -1.35. The van der Waals surface area contributed by atoms with Gasteiger partial charge in [-0.05, 0) is 19.1 Å². The minimum Gasteiger partial charge on any atom is -0.490 e.